The number of ether oxygens (including phenoxy) is 3. The quantitative estimate of drug-likeness (QED) is 0.128. The smallest absolute Gasteiger partial charge is 0.407 e. The predicted octanol–water partition coefficient (Wildman–Crippen LogP) is 3.88. The van der Waals surface area contributed by atoms with Crippen molar-refractivity contribution in [3.05, 3.63) is 72.6 Å². The van der Waals surface area contributed by atoms with Crippen molar-refractivity contribution in [1.82, 2.24) is 35.4 Å². The van der Waals surface area contributed by atoms with Crippen LogP contribution in [0, 0.1) is 0 Å². The Morgan fingerprint density at radius 2 is 1.40 bits per heavy atom. The molecule has 0 aliphatic rings. The van der Waals surface area contributed by atoms with E-state index >= 15 is 0 Å². The Kier molecular flexibility index (Phi) is 13.3. The van der Waals surface area contributed by atoms with Crippen LogP contribution in [0.4, 0.5) is 9.59 Å². The number of rotatable bonds is 16. The molecular formula is C35H45N8O7+. The number of nitrogens with zero attached hydrogens (tertiary/aromatic N) is 4. The maximum atomic E-state index is 12.8. The molecule has 4 N–H and O–H groups in total. The molecule has 0 saturated heterocycles. The highest BCUT2D eigenvalue weighted by Crippen LogP contribution is 2.28. The molecule has 2 heterocycles. The Labute approximate surface area is 290 Å². The van der Waals surface area contributed by atoms with Gasteiger partial charge in [-0.05, 0) is 49.2 Å². The van der Waals surface area contributed by atoms with Crippen LogP contribution in [0.5, 0.6) is 11.5 Å². The van der Waals surface area contributed by atoms with Crippen molar-refractivity contribution in [3.63, 3.8) is 0 Å². The summed E-state index contributed by atoms with van der Waals surface area (Å²) < 4.78 is 17.2. The summed E-state index contributed by atoms with van der Waals surface area (Å²) in [6.07, 6.45) is 3.89. The number of alkyl carbamates (subject to hydrolysis) is 2. The molecule has 15 nitrogen and oxygen atoms in total. The van der Waals surface area contributed by atoms with Gasteiger partial charge in [0.2, 0.25) is 11.8 Å². The first-order valence-electron chi connectivity index (χ1n) is 16.3. The van der Waals surface area contributed by atoms with Gasteiger partial charge in [0.15, 0.2) is 5.69 Å². The molecule has 0 bridgehead atoms. The zero-order valence-corrected chi connectivity index (χ0v) is 29.1. The number of nitrogens with one attached hydrogen (secondary N) is 4. The average Bonchev–Trinajstić information content (AvgIpc) is 3.75. The number of carbonyl (C=O) groups excluding carboxylic acids is 4. The second-order valence-electron chi connectivity index (χ2n) is 11.4. The number of methoxy groups -OCH3 is 2. The Bertz CT molecular complexity index is 1750. The monoisotopic (exact) mass is 689 g/mol. The lowest BCUT2D eigenvalue weighted by Gasteiger charge is -2.21. The molecule has 0 aliphatic carbocycles. The van der Waals surface area contributed by atoms with Gasteiger partial charge in [-0.3, -0.25) is 9.59 Å². The minimum absolute atomic E-state index is 0.143. The standard InChI is InChI=1S/C35H44N8O7/c1-6-15-42(32(44)19-37-34(46)48-4)22-30-36-18-28(39-30)25-9-8-10-27(17-25)50-26-13-11-24(12-14-26)29-21-41(3)31(40-29)23-43(16-7-2)33(45)20-38-35(47)49-5/h8-14,17-18,21H,6-7,15-16,19-20,22-23H2,1-5H3,(H3,36,37,38,39,46,47)/p+1. The lowest BCUT2D eigenvalue weighted by Crippen LogP contribution is -2.43. The van der Waals surface area contributed by atoms with Crippen LogP contribution >= 0.6 is 0 Å². The fourth-order valence-electron chi connectivity index (χ4n) is 5.15. The Morgan fingerprint density at radius 3 is 2.00 bits per heavy atom. The van der Waals surface area contributed by atoms with E-state index in [-0.39, 0.29) is 31.4 Å². The normalized spacial score (nSPS) is 10.7. The lowest BCUT2D eigenvalue weighted by atomic mass is 10.1. The number of amides is 4. The molecule has 0 spiro atoms. The first-order valence-corrected chi connectivity index (χ1v) is 16.3. The van der Waals surface area contributed by atoms with Gasteiger partial charge in [0.05, 0.1) is 39.7 Å². The molecule has 4 amide bonds. The predicted molar refractivity (Wildman–Crippen MR) is 184 cm³/mol. The molecule has 2 aromatic carbocycles. The maximum absolute atomic E-state index is 12.8. The van der Waals surface area contributed by atoms with Crippen molar-refractivity contribution < 1.29 is 38.0 Å². The summed E-state index contributed by atoms with van der Waals surface area (Å²) in [5.41, 5.74) is 3.45. The number of imidazole rings is 2. The van der Waals surface area contributed by atoms with Crippen molar-refractivity contribution in [3.8, 4) is 34.0 Å². The number of H-pyrrole nitrogens is 2. The van der Waals surface area contributed by atoms with Crippen LogP contribution in [0.3, 0.4) is 0 Å². The van der Waals surface area contributed by atoms with Crippen LogP contribution in [0.1, 0.15) is 38.3 Å². The summed E-state index contributed by atoms with van der Waals surface area (Å²) in [4.78, 5) is 62.7. The van der Waals surface area contributed by atoms with Gasteiger partial charge in [-0.2, -0.15) is 0 Å². The maximum Gasteiger partial charge on any atom is 0.407 e. The summed E-state index contributed by atoms with van der Waals surface area (Å²) >= 11 is 0. The molecule has 0 fully saturated rings. The van der Waals surface area contributed by atoms with Gasteiger partial charge >= 0.3 is 12.2 Å². The van der Waals surface area contributed by atoms with E-state index < -0.39 is 12.2 Å². The fraction of sp³-hybridized carbons (Fsp3) is 0.371. The van der Waals surface area contributed by atoms with Crippen LogP contribution in [-0.4, -0.2) is 89.2 Å². The zero-order chi connectivity index (χ0) is 36.0. The van der Waals surface area contributed by atoms with E-state index in [1.807, 2.05) is 80.2 Å². The van der Waals surface area contributed by atoms with E-state index in [1.54, 1.807) is 16.0 Å². The molecular weight excluding hydrogens is 644 g/mol. The summed E-state index contributed by atoms with van der Waals surface area (Å²) in [5.74, 6) is 2.30. The Balaban J connectivity index is 1.39. The molecule has 15 heteroatoms. The van der Waals surface area contributed by atoms with Gasteiger partial charge in [0, 0.05) is 24.2 Å². The Morgan fingerprint density at radius 1 is 0.780 bits per heavy atom. The number of aryl methyl sites for hydroxylation is 1. The van der Waals surface area contributed by atoms with E-state index in [2.05, 4.69) is 35.1 Å². The molecule has 0 atom stereocenters. The van der Waals surface area contributed by atoms with Crippen molar-refractivity contribution in [2.24, 2.45) is 7.05 Å². The average molecular weight is 690 g/mol. The van der Waals surface area contributed by atoms with E-state index in [9.17, 15) is 19.2 Å². The number of aromatic amines is 2. The van der Waals surface area contributed by atoms with Crippen molar-refractivity contribution in [2.45, 2.75) is 39.8 Å². The van der Waals surface area contributed by atoms with E-state index in [0.717, 1.165) is 41.2 Å². The summed E-state index contributed by atoms with van der Waals surface area (Å²) in [6.45, 7) is 5.33. The second kappa shape index (κ2) is 18.1. The minimum atomic E-state index is -0.661. The molecule has 0 radical (unpaired) electrons. The number of aromatic nitrogens is 4. The lowest BCUT2D eigenvalue weighted by molar-refractivity contribution is -0.678. The van der Waals surface area contributed by atoms with Gasteiger partial charge in [0.25, 0.3) is 5.82 Å². The van der Waals surface area contributed by atoms with E-state index in [1.165, 1.54) is 14.2 Å². The molecule has 50 heavy (non-hydrogen) atoms. The number of carbonyl (C=O) groups is 4. The SMILES string of the molecule is CCCN(Cc1ncc(-c2cccc(Oc3ccc(-c4c[n+](C)c(CN(CCC)C(=O)CNC(=O)OC)[nH]4)cc3)c2)[nH]1)C(=O)CNC(=O)OC. The highest BCUT2D eigenvalue weighted by atomic mass is 16.5. The zero-order valence-electron chi connectivity index (χ0n) is 29.1. The second-order valence-corrected chi connectivity index (χ2v) is 11.4. The third-order valence-corrected chi connectivity index (χ3v) is 7.71. The van der Waals surface area contributed by atoms with Crippen LogP contribution in [0.25, 0.3) is 22.5 Å². The molecule has 0 aliphatic heterocycles. The molecule has 266 valence electrons. The molecule has 4 rings (SSSR count). The van der Waals surface area contributed by atoms with Gasteiger partial charge < -0.3 is 39.6 Å². The summed E-state index contributed by atoms with van der Waals surface area (Å²) in [7, 11) is 4.42. The number of hydrogen-bond donors (Lipinski definition) is 4. The van der Waals surface area contributed by atoms with E-state index in [0.29, 0.717) is 37.0 Å². The first kappa shape index (κ1) is 37.0. The van der Waals surface area contributed by atoms with Crippen LogP contribution < -0.4 is 19.9 Å². The summed E-state index contributed by atoms with van der Waals surface area (Å²) in [6, 6.07) is 15.3. The van der Waals surface area contributed by atoms with Crippen LogP contribution in [0.15, 0.2) is 60.9 Å². The van der Waals surface area contributed by atoms with Gasteiger partial charge in [-0.15, -0.1) is 0 Å². The number of benzene rings is 2. The fourth-order valence-corrected chi connectivity index (χ4v) is 5.15. The third-order valence-electron chi connectivity index (χ3n) is 7.71. The van der Waals surface area contributed by atoms with Gasteiger partial charge in [0.1, 0.15) is 43.2 Å². The van der Waals surface area contributed by atoms with Crippen molar-refractivity contribution >= 4 is 24.0 Å². The largest absolute Gasteiger partial charge is 0.457 e. The molecule has 0 saturated carbocycles. The minimum Gasteiger partial charge on any atom is -0.457 e. The highest BCUT2D eigenvalue weighted by molar-refractivity contribution is 5.82. The van der Waals surface area contributed by atoms with Crippen molar-refractivity contribution in [2.75, 3.05) is 40.4 Å². The van der Waals surface area contributed by atoms with Crippen LogP contribution in [-0.2, 0) is 39.2 Å². The summed E-state index contributed by atoms with van der Waals surface area (Å²) in [5, 5.41) is 4.87. The first-order chi connectivity index (χ1) is 24.1. The topological polar surface area (TPSA) is 175 Å². The molecule has 2 aromatic heterocycles. The number of hydrogen-bond acceptors (Lipinski definition) is 8. The van der Waals surface area contributed by atoms with E-state index in [4.69, 9.17) is 4.74 Å². The van der Waals surface area contributed by atoms with Crippen molar-refractivity contribution in [1.29, 1.82) is 0 Å². The highest BCUT2D eigenvalue weighted by Gasteiger charge is 2.22. The molecule has 0 unspecified atom stereocenters. The van der Waals surface area contributed by atoms with Gasteiger partial charge in [-0.25, -0.2) is 24.1 Å². The third kappa shape index (κ3) is 10.3. The molecule has 4 aromatic rings. The van der Waals surface area contributed by atoms with Gasteiger partial charge in [-0.1, -0.05) is 26.0 Å². The Hall–Kier alpha value is -5.86. The van der Waals surface area contributed by atoms with Crippen LogP contribution in [0.2, 0.25) is 0 Å².